The molecule has 8 nitrogen and oxygen atoms in total. The van der Waals surface area contributed by atoms with Gasteiger partial charge in [0.25, 0.3) is 5.91 Å². The number of hydroxylamine groups is 1. The molecule has 1 saturated heterocycles. The molecule has 31 heavy (non-hydrogen) atoms. The minimum atomic E-state index is -3.73. The Morgan fingerprint density at radius 2 is 1.68 bits per heavy atom. The van der Waals surface area contributed by atoms with Crippen molar-refractivity contribution in [3.8, 4) is 0 Å². The van der Waals surface area contributed by atoms with Crippen molar-refractivity contribution in [1.29, 1.82) is 0 Å². The number of benzene rings is 1. The van der Waals surface area contributed by atoms with Gasteiger partial charge in [-0.2, -0.15) is 0 Å². The highest BCUT2D eigenvalue weighted by Crippen LogP contribution is 2.26. The van der Waals surface area contributed by atoms with Gasteiger partial charge in [0, 0.05) is 19.6 Å². The minimum Gasteiger partial charge on any atom is -0.342 e. The van der Waals surface area contributed by atoms with Gasteiger partial charge in [0.1, 0.15) is 5.92 Å². The van der Waals surface area contributed by atoms with Crippen molar-refractivity contribution >= 4 is 21.8 Å². The molecule has 1 aromatic carbocycles. The zero-order chi connectivity index (χ0) is 23.0. The van der Waals surface area contributed by atoms with Gasteiger partial charge in [-0.15, -0.1) is 0 Å². The van der Waals surface area contributed by atoms with Crippen LogP contribution in [-0.2, 0) is 19.6 Å². The van der Waals surface area contributed by atoms with E-state index in [1.807, 2.05) is 19.9 Å². The number of rotatable bonds is 10. The molecule has 174 valence electrons. The number of carbonyl (C=O) groups is 2. The van der Waals surface area contributed by atoms with E-state index in [0.29, 0.717) is 25.1 Å². The van der Waals surface area contributed by atoms with Gasteiger partial charge in [0.15, 0.2) is 0 Å². The number of sulfonamides is 1. The Morgan fingerprint density at radius 3 is 2.23 bits per heavy atom. The van der Waals surface area contributed by atoms with Crippen molar-refractivity contribution < 1.29 is 23.2 Å². The van der Waals surface area contributed by atoms with Gasteiger partial charge in [0.2, 0.25) is 15.9 Å². The maximum Gasteiger partial charge on any atom is 0.256 e. The van der Waals surface area contributed by atoms with E-state index >= 15 is 0 Å². The number of hydrogen-bond acceptors (Lipinski definition) is 5. The third kappa shape index (κ3) is 7.02. The number of hydrogen-bond donors (Lipinski definition) is 3. The Morgan fingerprint density at radius 1 is 1.06 bits per heavy atom. The van der Waals surface area contributed by atoms with Crippen LogP contribution in [-0.4, -0.2) is 50.0 Å². The predicted octanol–water partition coefficient (Wildman–Crippen LogP) is 2.46. The summed E-state index contributed by atoms with van der Waals surface area (Å²) in [6.45, 7) is 6.58. The molecule has 3 atom stereocenters. The molecule has 0 aromatic heterocycles. The fourth-order valence-electron chi connectivity index (χ4n) is 4.10. The monoisotopic (exact) mass is 453 g/mol. The number of piperidine rings is 1. The van der Waals surface area contributed by atoms with Crippen LogP contribution in [0.5, 0.6) is 0 Å². The Labute approximate surface area is 185 Å². The molecule has 0 radical (unpaired) electrons. The summed E-state index contributed by atoms with van der Waals surface area (Å²) in [4.78, 5) is 27.3. The third-order valence-corrected chi connectivity index (χ3v) is 7.63. The summed E-state index contributed by atoms with van der Waals surface area (Å²) in [6, 6.07) is 8.87. The molecule has 2 rings (SSSR count). The predicted molar refractivity (Wildman–Crippen MR) is 119 cm³/mol. The van der Waals surface area contributed by atoms with Crippen LogP contribution in [0, 0.1) is 17.8 Å². The Hall–Kier alpha value is -1.97. The minimum absolute atomic E-state index is 0.0602. The second-order valence-corrected chi connectivity index (χ2v) is 10.8. The van der Waals surface area contributed by atoms with Gasteiger partial charge in [-0.1, -0.05) is 44.2 Å². The SMILES string of the molecule is CC(C)C[C@@H](CNS(=O)(=O)C(C)c1ccccc1)[C@H](C(=O)NO)C(=O)N1CCCCC1. The zero-order valence-corrected chi connectivity index (χ0v) is 19.4. The van der Waals surface area contributed by atoms with E-state index in [1.54, 1.807) is 41.6 Å². The average molecular weight is 454 g/mol. The van der Waals surface area contributed by atoms with Crippen molar-refractivity contribution in [2.75, 3.05) is 19.6 Å². The van der Waals surface area contributed by atoms with Gasteiger partial charge >= 0.3 is 0 Å². The lowest BCUT2D eigenvalue weighted by Gasteiger charge is -2.33. The lowest BCUT2D eigenvalue weighted by Crippen LogP contribution is -2.50. The summed E-state index contributed by atoms with van der Waals surface area (Å²) < 4.78 is 28.4. The molecule has 9 heteroatoms. The number of carbonyl (C=O) groups excluding carboxylic acids is 2. The molecular weight excluding hydrogens is 418 g/mol. The second kappa shape index (κ2) is 11.6. The molecule has 0 spiro atoms. The molecule has 1 aromatic rings. The van der Waals surface area contributed by atoms with E-state index in [1.165, 1.54) is 0 Å². The van der Waals surface area contributed by atoms with E-state index < -0.39 is 33.0 Å². The Kier molecular flexibility index (Phi) is 9.46. The first-order valence-corrected chi connectivity index (χ1v) is 12.5. The smallest absolute Gasteiger partial charge is 0.256 e. The number of likely N-dealkylation sites (tertiary alicyclic amines) is 1. The quantitative estimate of drug-likeness (QED) is 0.286. The lowest BCUT2D eigenvalue weighted by atomic mass is 9.83. The van der Waals surface area contributed by atoms with Crippen LogP contribution in [0.4, 0.5) is 0 Å². The fraction of sp³-hybridized carbons (Fsp3) is 0.636. The Bertz CT molecular complexity index is 823. The van der Waals surface area contributed by atoms with Crippen molar-refractivity contribution in [2.24, 2.45) is 17.8 Å². The summed E-state index contributed by atoms with van der Waals surface area (Å²) in [5.41, 5.74) is 2.28. The van der Waals surface area contributed by atoms with Crippen molar-refractivity contribution in [3.05, 3.63) is 35.9 Å². The Balaban J connectivity index is 2.22. The first kappa shape index (κ1) is 25.3. The highest BCUT2D eigenvalue weighted by atomic mass is 32.2. The summed E-state index contributed by atoms with van der Waals surface area (Å²) in [6.07, 6.45) is 3.23. The first-order valence-electron chi connectivity index (χ1n) is 10.9. The summed E-state index contributed by atoms with van der Waals surface area (Å²) in [5, 5.41) is 8.51. The number of nitrogens with one attached hydrogen (secondary N) is 2. The van der Waals surface area contributed by atoms with Gasteiger partial charge in [-0.05, 0) is 50.0 Å². The largest absolute Gasteiger partial charge is 0.342 e. The van der Waals surface area contributed by atoms with Gasteiger partial charge in [0.05, 0.1) is 5.25 Å². The highest BCUT2D eigenvalue weighted by Gasteiger charge is 2.39. The van der Waals surface area contributed by atoms with Gasteiger partial charge in [-0.3, -0.25) is 14.8 Å². The van der Waals surface area contributed by atoms with Crippen LogP contribution in [0.15, 0.2) is 30.3 Å². The maximum absolute atomic E-state index is 13.2. The van der Waals surface area contributed by atoms with E-state index in [2.05, 4.69) is 4.72 Å². The van der Waals surface area contributed by atoms with Gasteiger partial charge in [-0.25, -0.2) is 18.6 Å². The van der Waals surface area contributed by atoms with Crippen molar-refractivity contribution in [1.82, 2.24) is 15.1 Å². The molecule has 1 heterocycles. The summed E-state index contributed by atoms with van der Waals surface area (Å²) in [5.74, 6) is -2.76. The molecule has 0 aliphatic carbocycles. The first-order chi connectivity index (χ1) is 14.7. The number of nitrogens with zero attached hydrogens (tertiary/aromatic N) is 1. The van der Waals surface area contributed by atoms with Crippen LogP contribution >= 0.6 is 0 Å². The molecule has 0 saturated carbocycles. The van der Waals surface area contributed by atoms with Crippen molar-refractivity contribution in [3.63, 3.8) is 0 Å². The van der Waals surface area contributed by atoms with Crippen LogP contribution in [0.1, 0.15) is 57.3 Å². The lowest BCUT2D eigenvalue weighted by molar-refractivity contribution is -0.149. The molecule has 1 aliphatic heterocycles. The summed E-state index contributed by atoms with van der Waals surface area (Å²) >= 11 is 0. The molecule has 1 unspecified atom stereocenters. The molecular formula is C22H35N3O5S. The van der Waals surface area contributed by atoms with E-state index in [0.717, 1.165) is 19.3 Å². The average Bonchev–Trinajstić information content (AvgIpc) is 2.77. The summed E-state index contributed by atoms with van der Waals surface area (Å²) in [7, 11) is -3.73. The maximum atomic E-state index is 13.2. The van der Waals surface area contributed by atoms with Crippen LogP contribution in [0.25, 0.3) is 0 Å². The normalized spacial score (nSPS) is 17.8. The van der Waals surface area contributed by atoms with Crippen LogP contribution < -0.4 is 10.2 Å². The van der Waals surface area contributed by atoms with E-state index in [-0.39, 0.29) is 18.4 Å². The third-order valence-electron chi connectivity index (χ3n) is 5.85. The van der Waals surface area contributed by atoms with Crippen LogP contribution in [0.3, 0.4) is 0 Å². The zero-order valence-electron chi connectivity index (χ0n) is 18.6. The van der Waals surface area contributed by atoms with E-state index in [9.17, 15) is 23.2 Å². The molecule has 2 amide bonds. The fourth-order valence-corrected chi connectivity index (χ4v) is 5.31. The van der Waals surface area contributed by atoms with E-state index in [4.69, 9.17) is 0 Å². The molecule has 1 fully saturated rings. The topological polar surface area (TPSA) is 116 Å². The number of amides is 2. The molecule has 1 aliphatic rings. The molecule has 3 N–H and O–H groups in total. The van der Waals surface area contributed by atoms with Crippen LogP contribution in [0.2, 0.25) is 0 Å². The van der Waals surface area contributed by atoms with Gasteiger partial charge < -0.3 is 4.90 Å². The van der Waals surface area contributed by atoms with Crippen molar-refractivity contribution in [2.45, 2.75) is 51.7 Å². The highest BCUT2D eigenvalue weighted by molar-refractivity contribution is 7.89. The standard InChI is InChI=1S/C22H35N3O5S/c1-16(2)14-19(15-23-31(29,30)17(3)18-10-6-4-7-11-18)20(21(26)24-28)22(27)25-12-8-5-9-13-25/h4,6-7,10-11,16-17,19-20,23,28H,5,8-9,12-15H2,1-3H3,(H,24,26)/t17?,19-,20+/m0/s1. The second-order valence-electron chi connectivity index (χ2n) is 8.68. The molecule has 0 bridgehead atoms.